The number of carbonyl (C=O) groups is 1. The van der Waals surface area contributed by atoms with Gasteiger partial charge < -0.3 is 9.73 Å². The number of rotatable bonds is 7. The topological polar surface area (TPSA) is 80.9 Å². The first-order valence-electron chi connectivity index (χ1n) is 9.63. The number of amides is 1. The van der Waals surface area contributed by atoms with E-state index in [-0.39, 0.29) is 22.8 Å². The average molecular weight is 455 g/mol. The molecule has 4 aromatic rings. The molecular formula is C22H19FN4O2S2. The van der Waals surface area contributed by atoms with Gasteiger partial charge in [0.15, 0.2) is 5.13 Å². The number of hydrogen-bond acceptors (Lipinski definition) is 7. The summed E-state index contributed by atoms with van der Waals surface area (Å²) >= 11 is 2.52. The van der Waals surface area contributed by atoms with Gasteiger partial charge in [0.1, 0.15) is 5.82 Å². The van der Waals surface area contributed by atoms with E-state index in [4.69, 9.17) is 4.42 Å². The highest BCUT2D eigenvalue weighted by Gasteiger charge is 2.20. The molecule has 2 aromatic carbocycles. The van der Waals surface area contributed by atoms with E-state index in [1.165, 1.54) is 29.0 Å². The Morgan fingerprint density at radius 1 is 1.13 bits per heavy atom. The normalized spacial score (nSPS) is 12.0. The fraction of sp³-hybridized carbons (Fsp3) is 0.182. The molecule has 0 saturated carbocycles. The molecule has 4 rings (SSSR count). The van der Waals surface area contributed by atoms with Crippen LogP contribution in [0.3, 0.4) is 0 Å². The van der Waals surface area contributed by atoms with Gasteiger partial charge in [0.05, 0.1) is 10.9 Å². The Kier molecular flexibility index (Phi) is 6.43. The van der Waals surface area contributed by atoms with E-state index in [0.29, 0.717) is 10.7 Å². The SMILES string of the molecule is CCc1ccc(-c2csc(NC(=O)C(C)Sc3nnc(-c4ccc(F)cc4)o3)n2)cc1. The molecule has 1 unspecified atom stereocenters. The second-order valence-corrected chi connectivity index (χ2v) is 8.87. The standard InChI is InChI=1S/C22H19FN4O2S2/c1-3-14-4-6-15(7-5-14)18-12-30-21(24-18)25-19(28)13(2)31-22-27-26-20(29-22)16-8-10-17(23)11-9-16/h4-13H,3H2,1-2H3,(H,24,25,28). The van der Waals surface area contributed by atoms with E-state index in [2.05, 4.69) is 39.6 Å². The van der Waals surface area contributed by atoms with Crippen LogP contribution in [0.25, 0.3) is 22.7 Å². The third-order valence-electron chi connectivity index (χ3n) is 4.54. The molecule has 0 aliphatic heterocycles. The highest BCUT2D eigenvalue weighted by molar-refractivity contribution is 8.00. The molecule has 2 heterocycles. The zero-order valence-electron chi connectivity index (χ0n) is 16.8. The van der Waals surface area contributed by atoms with E-state index < -0.39 is 5.25 Å². The molecule has 0 bridgehead atoms. The maximum absolute atomic E-state index is 13.1. The molecule has 0 fully saturated rings. The number of nitrogens with zero attached hydrogens (tertiary/aromatic N) is 3. The highest BCUT2D eigenvalue weighted by atomic mass is 32.2. The molecule has 0 aliphatic carbocycles. The summed E-state index contributed by atoms with van der Waals surface area (Å²) in [7, 11) is 0. The Hall–Kier alpha value is -3.04. The molecule has 31 heavy (non-hydrogen) atoms. The van der Waals surface area contributed by atoms with Crippen molar-refractivity contribution in [3.63, 3.8) is 0 Å². The zero-order chi connectivity index (χ0) is 21.8. The van der Waals surface area contributed by atoms with E-state index in [9.17, 15) is 9.18 Å². The molecule has 1 atom stereocenters. The van der Waals surface area contributed by atoms with Gasteiger partial charge in [-0.15, -0.1) is 21.5 Å². The fourth-order valence-corrected chi connectivity index (χ4v) is 4.16. The number of aromatic nitrogens is 3. The Morgan fingerprint density at radius 2 is 1.84 bits per heavy atom. The van der Waals surface area contributed by atoms with Gasteiger partial charge in [0.25, 0.3) is 5.22 Å². The minimum absolute atomic E-state index is 0.214. The number of thiazole rings is 1. The lowest BCUT2D eigenvalue weighted by molar-refractivity contribution is -0.115. The Morgan fingerprint density at radius 3 is 2.55 bits per heavy atom. The quantitative estimate of drug-likeness (QED) is 0.362. The molecule has 1 N–H and O–H groups in total. The Balaban J connectivity index is 1.37. The van der Waals surface area contributed by atoms with Crippen LogP contribution in [0.1, 0.15) is 19.4 Å². The number of nitrogens with one attached hydrogen (secondary N) is 1. The fourth-order valence-electron chi connectivity index (χ4n) is 2.75. The van der Waals surface area contributed by atoms with Crippen molar-refractivity contribution in [2.24, 2.45) is 0 Å². The smallest absolute Gasteiger partial charge is 0.277 e. The van der Waals surface area contributed by atoms with Crippen molar-refractivity contribution in [1.82, 2.24) is 15.2 Å². The van der Waals surface area contributed by atoms with Crippen LogP contribution in [0.15, 0.2) is 63.6 Å². The lowest BCUT2D eigenvalue weighted by atomic mass is 10.1. The van der Waals surface area contributed by atoms with Gasteiger partial charge in [-0.1, -0.05) is 43.0 Å². The molecule has 1 amide bonds. The predicted molar refractivity (Wildman–Crippen MR) is 121 cm³/mol. The summed E-state index contributed by atoms with van der Waals surface area (Å²) in [6, 6.07) is 14.0. The van der Waals surface area contributed by atoms with Crippen molar-refractivity contribution < 1.29 is 13.6 Å². The summed E-state index contributed by atoms with van der Waals surface area (Å²) in [6.45, 7) is 3.86. The Bertz CT molecular complexity index is 1170. The summed E-state index contributed by atoms with van der Waals surface area (Å²) in [5.41, 5.74) is 3.71. The van der Waals surface area contributed by atoms with Gasteiger partial charge in [0, 0.05) is 16.5 Å². The summed E-state index contributed by atoms with van der Waals surface area (Å²) in [4.78, 5) is 17.1. The highest BCUT2D eigenvalue weighted by Crippen LogP contribution is 2.29. The van der Waals surface area contributed by atoms with Crippen LogP contribution < -0.4 is 5.32 Å². The molecule has 0 radical (unpaired) electrons. The van der Waals surface area contributed by atoms with Crippen molar-refractivity contribution in [3.05, 3.63) is 65.3 Å². The second kappa shape index (κ2) is 9.40. The first-order chi connectivity index (χ1) is 15.0. The molecule has 0 saturated heterocycles. The zero-order valence-corrected chi connectivity index (χ0v) is 18.5. The van der Waals surface area contributed by atoms with Crippen LogP contribution in [0.4, 0.5) is 9.52 Å². The average Bonchev–Trinajstić information content (AvgIpc) is 3.44. The van der Waals surface area contributed by atoms with Gasteiger partial charge in [-0.3, -0.25) is 4.79 Å². The number of aryl methyl sites for hydroxylation is 1. The van der Waals surface area contributed by atoms with Gasteiger partial charge in [-0.2, -0.15) is 0 Å². The molecule has 6 nitrogen and oxygen atoms in total. The van der Waals surface area contributed by atoms with Crippen molar-refractivity contribution >= 4 is 34.1 Å². The van der Waals surface area contributed by atoms with Gasteiger partial charge >= 0.3 is 0 Å². The summed E-state index contributed by atoms with van der Waals surface area (Å²) in [5.74, 6) is -0.283. The Labute approximate surface area is 186 Å². The minimum Gasteiger partial charge on any atom is -0.411 e. The number of halogens is 1. The monoisotopic (exact) mass is 454 g/mol. The second-order valence-electron chi connectivity index (χ2n) is 6.72. The summed E-state index contributed by atoms with van der Waals surface area (Å²) < 4.78 is 18.6. The van der Waals surface area contributed by atoms with E-state index in [1.54, 1.807) is 19.1 Å². The molecular weight excluding hydrogens is 435 g/mol. The van der Waals surface area contributed by atoms with Crippen LogP contribution >= 0.6 is 23.1 Å². The maximum Gasteiger partial charge on any atom is 0.277 e. The number of thioether (sulfide) groups is 1. The third-order valence-corrected chi connectivity index (χ3v) is 6.23. The van der Waals surface area contributed by atoms with Crippen LogP contribution in [0, 0.1) is 5.82 Å². The summed E-state index contributed by atoms with van der Waals surface area (Å²) in [6.07, 6.45) is 0.986. The predicted octanol–water partition coefficient (Wildman–Crippen LogP) is 5.68. The van der Waals surface area contributed by atoms with Crippen LogP contribution in [-0.2, 0) is 11.2 Å². The number of carbonyl (C=O) groups excluding carboxylic acids is 1. The number of anilines is 1. The van der Waals surface area contributed by atoms with Crippen molar-refractivity contribution in [3.8, 4) is 22.7 Å². The van der Waals surface area contributed by atoms with Crippen LogP contribution in [-0.4, -0.2) is 26.3 Å². The van der Waals surface area contributed by atoms with Crippen molar-refractivity contribution in [1.29, 1.82) is 0 Å². The van der Waals surface area contributed by atoms with E-state index >= 15 is 0 Å². The van der Waals surface area contributed by atoms with Gasteiger partial charge in [0.2, 0.25) is 11.8 Å². The van der Waals surface area contributed by atoms with Crippen LogP contribution in [0.5, 0.6) is 0 Å². The largest absolute Gasteiger partial charge is 0.411 e. The van der Waals surface area contributed by atoms with Crippen molar-refractivity contribution in [2.45, 2.75) is 30.7 Å². The maximum atomic E-state index is 13.1. The third kappa shape index (κ3) is 5.18. The lowest BCUT2D eigenvalue weighted by Gasteiger charge is -2.07. The van der Waals surface area contributed by atoms with Gasteiger partial charge in [-0.05, 0) is 43.2 Å². The first-order valence-corrected chi connectivity index (χ1v) is 11.4. The minimum atomic E-state index is -0.474. The number of hydrogen-bond donors (Lipinski definition) is 1. The molecule has 158 valence electrons. The first kappa shape index (κ1) is 21.2. The molecule has 9 heteroatoms. The van der Waals surface area contributed by atoms with Gasteiger partial charge in [-0.25, -0.2) is 9.37 Å². The lowest BCUT2D eigenvalue weighted by Crippen LogP contribution is -2.22. The van der Waals surface area contributed by atoms with Crippen LogP contribution in [0.2, 0.25) is 0 Å². The molecule has 0 aliphatic rings. The summed E-state index contributed by atoms with van der Waals surface area (Å²) in [5, 5.41) is 13.0. The molecule has 0 spiro atoms. The molecule has 2 aromatic heterocycles. The number of benzene rings is 2. The van der Waals surface area contributed by atoms with Crippen molar-refractivity contribution in [2.75, 3.05) is 5.32 Å². The van der Waals surface area contributed by atoms with E-state index in [0.717, 1.165) is 29.4 Å². The van der Waals surface area contributed by atoms with E-state index in [1.807, 2.05) is 17.5 Å².